The summed E-state index contributed by atoms with van der Waals surface area (Å²) in [7, 11) is 1.70. The van der Waals surface area contributed by atoms with E-state index in [-0.39, 0.29) is 18.3 Å². The van der Waals surface area contributed by atoms with Crippen LogP contribution in [-0.4, -0.2) is 72.3 Å². The summed E-state index contributed by atoms with van der Waals surface area (Å²) in [5.41, 5.74) is 4.17. The Balaban J connectivity index is 1.37. The van der Waals surface area contributed by atoms with Crippen molar-refractivity contribution in [2.75, 3.05) is 51.3 Å². The summed E-state index contributed by atoms with van der Waals surface area (Å²) in [6.45, 7) is 8.22. The molecule has 1 saturated heterocycles. The summed E-state index contributed by atoms with van der Waals surface area (Å²) in [5, 5.41) is 12.3. The smallest absolute Gasteiger partial charge is 0.315 e. The van der Waals surface area contributed by atoms with Crippen LogP contribution in [0.5, 0.6) is 5.75 Å². The zero-order valence-electron chi connectivity index (χ0n) is 22.9. The molecule has 10 nitrogen and oxygen atoms in total. The second kappa shape index (κ2) is 12.1. The maximum atomic E-state index is 13.2. The van der Waals surface area contributed by atoms with E-state index in [1.165, 1.54) is 17.6 Å². The molecule has 2 aliphatic rings. The molecular formula is C29H33N5O5S. The van der Waals surface area contributed by atoms with Crippen molar-refractivity contribution < 1.29 is 19.2 Å². The Morgan fingerprint density at radius 3 is 2.65 bits per heavy atom. The molecular weight excluding hydrogens is 530 g/mol. The molecule has 2 atom stereocenters. The molecule has 0 aliphatic carbocycles. The van der Waals surface area contributed by atoms with Gasteiger partial charge in [0, 0.05) is 68.5 Å². The molecule has 3 heterocycles. The van der Waals surface area contributed by atoms with Gasteiger partial charge in [0.05, 0.1) is 30.0 Å². The lowest BCUT2D eigenvalue weighted by Crippen LogP contribution is -2.47. The first-order valence-corrected chi connectivity index (χ1v) is 14.2. The first-order chi connectivity index (χ1) is 19.4. The molecule has 2 unspecified atom stereocenters. The van der Waals surface area contributed by atoms with Crippen LogP contribution in [0.25, 0.3) is 0 Å². The number of ether oxygens (including phenoxy) is 2. The lowest BCUT2D eigenvalue weighted by molar-refractivity contribution is -0.384. The number of aliphatic imine (C=N–C) groups is 1. The minimum Gasteiger partial charge on any atom is -0.495 e. The van der Waals surface area contributed by atoms with Gasteiger partial charge in [-0.05, 0) is 43.1 Å². The summed E-state index contributed by atoms with van der Waals surface area (Å²) in [5.74, 6) is -0.628. The van der Waals surface area contributed by atoms with Gasteiger partial charge < -0.3 is 14.4 Å². The van der Waals surface area contributed by atoms with Crippen molar-refractivity contribution in [3.8, 4) is 5.75 Å². The first-order valence-electron chi connectivity index (χ1n) is 13.5. The number of carbonyl (C=O) groups excluding carboxylic acids is 1. The average Bonchev–Trinajstić information content (AvgIpc) is 3.37. The topological polar surface area (TPSA) is 110 Å². The normalized spacial score (nSPS) is 19.1. The van der Waals surface area contributed by atoms with E-state index in [0.717, 1.165) is 60.4 Å². The zero-order chi connectivity index (χ0) is 28.2. The Hall–Kier alpha value is -3.83. The highest BCUT2D eigenvalue weighted by Crippen LogP contribution is 2.47. The van der Waals surface area contributed by atoms with Gasteiger partial charge in [-0.3, -0.25) is 19.8 Å². The number of esters is 1. The maximum Gasteiger partial charge on any atom is 0.315 e. The lowest BCUT2D eigenvalue weighted by atomic mass is 9.76. The summed E-state index contributed by atoms with van der Waals surface area (Å²) in [6, 6.07) is 14.6. The fraction of sp³-hybridized carbons (Fsp3) is 0.414. The van der Waals surface area contributed by atoms with E-state index >= 15 is 0 Å². The third-order valence-corrected chi connectivity index (χ3v) is 8.40. The van der Waals surface area contributed by atoms with E-state index in [4.69, 9.17) is 18.8 Å². The molecule has 0 radical (unpaired) electrons. The van der Waals surface area contributed by atoms with Gasteiger partial charge >= 0.3 is 5.97 Å². The molecule has 11 heteroatoms. The van der Waals surface area contributed by atoms with Crippen LogP contribution in [0.4, 0.5) is 16.4 Å². The van der Waals surface area contributed by atoms with Gasteiger partial charge in [0.25, 0.3) is 5.69 Å². The van der Waals surface area contributed by atoms with Crippen molar-refractivity contribution in [3.63, 3.8) is 0 Å². The van der Waals surface area contributed by atoms with Crippen LogP contribution in [0, 0.1) is 16.0 Å². The van der Waals surface area contributed by atoms with Gasteiger partial charge in [-0.25, -0.2) is 4.99 Å². The molecule has 5 rings (SSSR count). The summed E-state index contributed by atoms with van der Waals surface area (Å²) in [6.07, 6.45) is 0.691. The van der Waals surface area contributed by atoms with Gasteiger partial charge in [0.1, 0.15) is 16.7 Å². The van der Waals surface area contributed by atoms with E-state index in [2.05, 4.69) is 15.9 Å². The van der Waals surface area contributed by atoms with Crippen molar-refractivity contribution >= 4 is 39.6 Å². The van der Waals surface area contributed by atoms with Gasteiger partial charge in [-0.15, -0.1) is 0 Å². The molecule has 0 bridgehead atoms. The van der Waals surface area contributed by atoms with Crippen LogP contribution in [0.2, 0.25) is 0 Å². The molecule has 0 spiro atoms. The third-order valence-electron chi connectivity index (χ3n) is 7.60. The highest BCUT2D eigenvalue weighted by atomic mass is 32.1. The fourth-order valence-electron chi connectivity index (χ4n) is 5.63. The largest absolute Gasteiger partial charge is 0.495 e. The Morgan fingerprint density at radius 1 is 1.15 bits per heavy atom. The predicted octanol–water partition coefficient (Wildman–Crippen LogP) is 4.84. The van der Waals surface area contributed by atoms with Gasteiger partial charge in [-0.1, -0.05) is 24.3 Å². The highest BCUT2D eigenvalue weighted by molar-refractivity contribution is 7.10. The standard InChI is InChI=1S/C29H33N5O5S/c1-4-39-29(35)25-19(2)30-28-27(26(25)20-8-7-9-21(18-20)34(36)37)22(31-40-28)12-13-32-14-16-33(17-15-32)23-10-5-6-11-24(23)38-3/h5-11,18,25-26H,4,12-17H2,1-3H3. The van der Waals surface area contributed by atoms with Crippen LogP contribution in [0.3, 0.4) is 0 Å². The molecule has 3 aromatic rings. The number of benzene rings is 2. The Kier molecular flexibility index (Phi) is 8.41. The number of hydrogen-bond acceptors (Lipinski definition) is 10. The second-order valence-corrected chi connectivity index (χ2v) is 10.7. The number of anilines is 1. The molecule has 0 amide bonds. The number of para-hydroxylation sites is 2. The van der Waals surface area contributed by atoms with Crippen molar-refractivity contribution in [1.82, 2.24) is 9.27 Å². The fourth-order valence-corrected chi connectivity index (χ4v) is 6.54. The molecule has 0 saturated carbocycles. The minimum atomic E-state index is -0.672. The molecule has 1 aromatic heterocycles. The van der Waals surface area contributed by atoms with Crippen LogP contribution in [0.15, 0.2) is 53.5 Å². The van der Waals surface area contributed by atoms with E-state index < -0.39 is 16.8 Å². The number of nitro groups is 1. The lowest BCUT2D eigenvalue weighted by Gasteiger charge is -2.36. The number of carbonyl (C=O) groups is 1. The molecule has 2 aromatic carbocycles. The quantitative estimate of drug-likeness (QED) is 0.207. The van der Waals surface area contributed by atoms with Gasteiger partial charge in [-0.2, -0.15) is 4.37 Å². The molecule has 40 heavy (non-hydrogen) atoms. The van der Waals surface area contributed by atoms with Gasteiger partial charge in [0.2, 0.25) is 0 Å². The number of methoxy groups -OCH3 is 1. The third kappa shape index (κ3) is 5.57. The minimum absolute atomic E-state index is 0.0144. The summed E-state index contributed by atoms with van der Waals surface area (Å²) < 4.78 is 15.8. The highest BCUT2D eigenvalue weighted by Gasteiger charge is 2.41. The molecule has 2 aliphatic heterocycles. The Morgan fingerprint density at radius 2 is 1.93 bits per heavy atom. The number of fused-ring (bicyclic) bond motifs is 1. The summed E-state index contributed by atoms with van der Waals surface area (Å²) in [4.78, 5) is 33.8. The Bertz CT molecular complexity index is 1420. The second-order valence-electron chi connectivity index (χ2n) is 9.91. The van der Waals surface area contributed by atoms with Crippen LogP contribution < -0.4 is 9.64 Å². The van der Waals surface area contributed by atoms with Crippen LogP contribution in [-0.2, 0) is 16.0 Å². The average molecular weight is 564 g/mol. The van der Waals surface area contributed by atoms with Crippen molar-refractivity contribution in [2.45, 2.75) is 26.2 Å². The number of nitro benzene ring substituents is 1. The van der Waals surface area contributed by atoms with E-state index in [1.807, 2.05) is 31.2 Å². The SMILES string of the molecule is CCOC(=O)C1C(C)=Nc2snc(CCN3CCN(c4ccccc4OC)CC3)c2C1c1cccc([N+](=O)[O-])c1. The van der Waals surface area contributed by atoms with Crippen molar-refractivity contribution in [2.24, 2.45) is 10.9 Å². The zero-order valence-corrected chi connectivity index (χ0v) is 23.7. The maximum absolute atomic E-state index is 13.2. The van der Waals surface area contributed by atoms with Crippen LogP contribution in [0.1, 0.15) is 36.6 Å². The van der Waals surface area contributed by atoms with Gasteiger partial charge in [0.15, 0.2) is 0 Å². The number of aromatic nitrogens is 1. The number of piperazine rings is 1. The molecule has 0 N–H and O–H groups in total. The number of non-ortho nitro benzene ring substituents is 1. The number of nitrogens with zero attached hydrogens (tertiary/aromatic N) is 5. The first kappa shape index (κ1) is 27.7. The van der Waals surface area contributed by atoms with E-state index in [0.29, 0.717) is 17.7 Å². The number of hydrogen-bond donors (Lipinski definition) is 0. The monoisotopic (exact) mass is 563 g/mol. The molecule has 1 fully saturated rings. The summed E-state index contributed by atoms with van der Waals surface area (Å²) >= 11 is 1.32. The van der Waals surface area contributed by atoms with Crippen molar-refractivity contribution in [3.05, 3.63) is 75.5 Å². The number of rotatable bonds is 9. The molecule has 210 valence electrons. The Labute approximate surface area is 237 Å². The van der Waals surface area contributed by atoms with Crippen molar-refractivity contribution in [1.29, 1.82) is 0 Å². The van der Waals surface area contributed by atoms with E-state index in [9.17, 15) is 14.9 Å². The predicted molar refractivity (Wildman–Crippen MR) is 155 cm³/mol. The van der Waals surface area contributed by atoms with E-state index in [1.54, 1.807) is 26.2 Å². The van der Waals surface area contributed by atoms with Crippen LogP contribution >= 0.6 is 11.5 Å².